The minimum Gasteiger partial charge on any atom is -0.370 e. The second-order valence-electron chi connectivity index (χ2n) is 7.86. The normalized spacial score (nSPS) is 32.0. The van der Waals surface area contributed by atoms with E-state index in [4.69, 9.17) is 16.3 Å². The molecule has 7 heteroatoms. The average Bonchev–Trinajstić information content (AvgIpc) is 3.41. The molecule has 3 aliphatic heterocycles. The van der Waals surface area contributed by atoms with E-state index in [1.807, 2.05) is 6.07 Å². The monoisotopic (exact) mass is 403 g/mol. The summed E-state index contributed by atoms with van der Waals surface area (Å²) in [4.78, 5) is 20.2. The Kier molecular flexibility index (Phi) is 4.47. The summed E-state index contributed by atoms with van der Waals surface area (Å²) in [5.41, 5.74) is 0.592. The quantitative estimate of drug-likeness (QED) is 0.832. The molecule has 0 unspecified atom stereocenters. The van der Waals surface area contributed by atoms with Crippen LogP contribution in [-0.2, 0) is 11.3 Å². The lowest BCUT2D eigenvalue weighted by Gasteiger charge is -2.29. The van der Waals surface area contributed by atoms with Crippen LogP contribution in [0.3, 0.4) is 0 Å². The fraction of sp³-hybridized carbons (Fsp3) is 0.500. The van der Waals surface area contributed by atoms with E-state index in [0.717, 1.165) is 36.8 Å². The Labute approximate surface area is 167 Å². The molecular formula is C20H22ClN3O2S. The molecule has 0 saturated carbocycles. The largest absolute Gasteiger partial charge is 0.370 e. The molecule has 3 fully saturated rings. The van der Waals surface area contributed by atoms with Gasteiger partial charge in [0.25, 0.3) is 5.91 Å². The second kappa shape index (κ2) is 6.85. The third-order valence-corrected chi connectivity index (χ3v) is 7.50. The molecule has 0 radical (unpaired) electrons. The number of thiophene rings is 1. The van der Waals surface area contributed by atoms with E-state index in [-0.39, 0.29) is 17.6 Å². The van der Waals surface area contributed by atoms with E-state index in [1.54, 1.807) is 35.9 Å². The van der Waals surface area contributed by atoms with E-state index < -0.39 is 0 Å². The lowest BCUT2D eigenvalue weighted by Crippen LogP contribution is -2.41. The number of halogens is 1. The fourth-order valence-electron chi connectivity index (χ4n) is 5.15. The summed E-state index contributed by atoms with van der Waals surface area (Å²) < 4.78 is 7.32. The van der Waals surface area contributed by atoms with Crippen molar-refractivity contribution in [3.63, 3.8) is 0 Å². The number of pyridine rings is 1. The topological polar surface area (TPSA) is 54.5 Å². The molecule has 5 rings (SSSR count). The zero-order valence-electron chi connectivity index (χ0n) is 14.9. The Morgan fingerprint density at radius 2 is 2.37 bits per heavy atom. The number of nitrogens with zero attached hydrogens (tertiary/aromatic N) is 2. The zero-order valence-corrected chi connectivity index (χ0v) is 16.5. The number of hydrogen-bond donors (Lipinski definition) is 1. The van der Waals surface area contributed by atoms with Crippen molar-refractivity contribution in [2.45, 2.75) is 31.1 Å². The summed E-state index contributed by atoms with van der Waals surface area (Å²) in [5, 5.41) is 3.11. The first kappa shape index (κ1) is 17.6. The Hall–Kier alpha value is -1.47. The van der Waals surface area contributed by atoms with E-state index in [0.29, 0.717) is 23.9 Å². The molecular weight excluding hydrogens is 382 g/mol. The van der Waals surface area contributed by atoms with Crippen molar-refractivity contribution in [2.75, 3.05) is 19.6 Å². The third kappa shape index (κ3) is 3.18. The highest BCUT2D eigenvalue weighted by atomic mass is 35.5. The SMILES string of the molecule is O=C(NC[C@H]1[C@H]2CN(Cc3ccc(Cl)s3)C[C@]23CC[C@H]1O3)c1cccnc1. The highest BCUT2D eigenvalue weighted by Gasteiger charge is 2.62. The van der Waals surface area contributed by atoms with Gasteiger partial charge in [-0.15, -0.1) is 11.3 Å². The van der Waals surface area contributed by atoms with Crippen LogP contribution in [0.1, 0.15) is 28.1 Å². The molecule has 142 valence electrons. The van der Waals surface area contributed by atoms with Crippen molar-refractivity contribution >= 4 is 28.8 Å². The van der Waals surface area contributed by atoms with Crippen LogP contribution >= 0.6 is 22.9 Å². The summed E-state index contributed by atoms with van der Waals surface area (Å²) in [6, 6.07) is 7.67. The Morgan fingerprint density at radius 3 is 3.15 bits per heavy atom. The van der Waals surface area contributed by atoms with Gasteiger partial charge in [0.15, 0.2) is 0 Å². The first-order valence-corrected chi connectivity index (χ1v) is 10.6. The molecule has 0 aliphatic carbocycles. The van der Waals surface area contributed by atoms with Crippen molar-refractivity contribution in [1.82, 2.24) is 15.2 Å². The number of fused-ring (bicyclic) bond motifs is 1. The number of aromatic nitrogens is 1. The van der Waals surface area contributed by atoms with E-state index in [2.05, 4.69) is 21.3 Å². The van der Waals surface area contributed by atoms with Crippen molar-refractivity contribution in [3.05, 3.63) is 51.4 Å². The van der Waals surface area contributed by atoms with Crippen molar-refractivity contribution in [2.24, 2.45) is 11.8 Å². The third-order valence-electron chi connectivity index (χ3n) is 6.28. The molecule has 2 aromatic rings. The Morgan fingerprint density at radius 1 is 1.44 bits per heavy atom. The fourth-order valence-corrected chi connectivity index (χ4v) is 6.28. The molecule has 3 saturated heterocycles. The Balaban J connectivity index is 1.25. The summed E-state index contributed by atoms with van der Waals surface area (Å²) in [7, 11) is 0. The molecule has 27 heavy (non-hydrogen) atoms. The van der Waals surface area contributed by atoms with Crippen molar-refractivity contribution < 1.29 is 9.53 Å². The number of rotatable bonds is 5. The van der Waals surface area contributed by atoms with Crippen LogP contribution in [0.25, 0.3) is 0 Å². The van der Waals surface area contributed by atoms with Crippen LogP contribution in [-0.4, -0.2) is 47.1 Å². The molecule has 1 spiro atoms. The van der Waals surface area contributed by atoms with Gasteiger partial charge in [-0.1, -0.05) is 11.6 Å². The smallest absolute Gasteiger partial charge is 0.252 e. The van der Waals surface area contributed by atoms with Gasteiger partial charge in [-0.25, -0.2) is 0 Å². The maximum absolute atomic E-state index is 12.4. The van der Waals surface area contributed by atoms with Gasteiger partial charge in [-0.05, 0) is 37.1 Å². The van der Waals surface area contributed by atoms with Gasteiger partial charge in [0.1, 0.15) is 0 Å². The first-order chi connectivity index (χ1) is 13.1. The van der Waals surface area contributed by atoms with Gasteiger partial charge >= 0.3 is 0 Å². The van der Waals surface area contributed by atoms with E-state index >= 15 is 0 Å². The standard InChI is InChI=1S/C20H22ClN3O2S/c21-18-4-3-14(27-18)10-24-11-16-15(17-5-6-20(16,12-24)26-17)9-23-19(25)13-2-1-7-22-8-13/h1-4,7-8,15-17H,5-6,9-12H2,(H,23,25)/t15-,16+,17+,20+/m0/s1. The number of carbonyl (C=O) groups is 1. The molecule has 4 atom stereocenters. The lowest BCUT2D eigenvalue weighted by molar-refractivity contribution is 0.00219. The maximum Gasteiger partial charge on any atom is 0.252 e. The summed E-state index contributed by atoms with van der Waals surface area (Å²) in [5.74, 6) is 0.820. The number of hydrogen-bond acceptors (Lipinski definition) is 5. The molecule has 2 aromatic heterocycles. The predicted molar refractivity (Wildman–Crippen MR) is 105 cm³/mol. The Bertz CT molecular complexity index is 845. The van der Waals surface area contributed by atoms with E-state index in [1.165, 1.54) is 4.88 Å². The second-order valence-corrected chi connectivity index (χ2v) is 9.66. The van der Waals surface area contributed by atoms with Gasteiger partial charge in [0, 0.05) is 55.3 Å². The number of nitrogens with one attached hydrogen (secondary N) is 1. The van der Waals surface area contributed by atoms with Crippen molar-refractivity contribution in [3.8, 4) is 0 Å². The minimum absolute atomic E-state index is 0.0184. The predicted octanol–water partition coefficient (Wildman–Crippen LogP) is 3.21. The molecule has 1 amide bonds. The van der Waals surface area contributed by atoms with Crippen LogP contribution in [0.2, 0.25) is 4.34 Å². The van der Waals surface area contributed by atoms with Crippen molar-refractivity contribution in [1.29, 1.82) is 0 Å². The van der Waals surface area contributed by atoms with E-state index in [9.17, 15) is 4.79 Å². The molecule has 5 nitrogen and oxygen atoms in total. The first-order valence-electron chi connectivity index (χ1n) is 9.46. The van der Waals surface area contributed by atoms with Crippen LogP contribution in [0.5, 0.6) is 0 Å². The maximum atomic E-state index is 12.4. The van der Waals surface area contributed by atoms with Gasteiger partial charge in [-0.2, -0.15) is 0 Å². The van der Waals surface area contributed by atoms with Crippen LogP contribution in [0, 0.1) is 11.8 Å². The zero-order chi connectivity index (χ0) is 18.4. The molecule has 5 heterocycles. The number of amides is 1. The molecule has 2 bridgehead atoms. The summed E-state index contributed by atoms with van der Waals surface area (Å²) in [6.45, 7) is 3.61. The molecule has 0 aromatic carbocycles. The summed E-state index contributed by atoms with van der Waals surface area (Å²) >= 11 is 7.73. The molecule has 1 N–H and O–H groups in total. The van der Waals surface area contributed by atoms with Crippen LogP contribution in [0.15, 0.2) is 36.7 Å². The highest BCUT2D eigenvalue weighted by Crippen LogP contribution is 2.54. The molecule has 3 aliphatic rings. The van der Waals surface area contributed by atoms with Gasteiger partial charge in [0.05, 0.1) is 21.6 Å². The summed E-state index contributed by atoms with van der Waals surface area (Å²) in [6.07, 6.45) is 5.80. The highest BCUT2D eigenvalue weighted by molar-refractivity contribution is 7.16. The van der Waals surface area contributed by atoms with Gasteiger partial charge in [-0.3, -0.25) is 14.7 Å². The van der Waals surface area contributed by atoms with Gasteiger partial charge in [0.2, 0.25) is 0 Å². The van der Waals surface area contributed by atoms with Crippen LogP contribution < -0.4 is 5.32 Å². The number of carbonyl (C=O) groups excluding carboxylic acids is 1. The average molecular weight is 404 g/mol. The van der Waals surface area contributed by atoms with Gasteiger partial charge < -0.3 is 10.1 Å². The number of ether oxygens (including phenoxy) is 1. The van der Waals surface area contributed by atoms with Crippen LogP contribution in [0.4, 0.5) is 0 Å². The minimum atomic E-state index is -0.0528. The number of likely N-dealkylation sites (tertiary alicyclic amines) is 1. The lowest BCUT2D eigenvalue weighted by atomic mass is 9.73.